The molecule has 0 heterocycles. The number of benzene rings is 1. The van der Waals surface area contributed by atoms with Crippen molar-refractivity contribution in [3.8, 4) is 0 Å². The van der Waals surface area contributed by atoms with Crippen molar-refractivity contribution < 1.29 is 0 Å². The molecule has 2 rings (SSSR count). The van der Waals surface area contributed by atoms with Gasteiger partial charge >= 0.3 is 0 Å². The van der Waals surface area contributed by atoms with E-state index in [9.17, 15) is 0 Å². The second-order valence-electron chi connectivity index (χ2n) is 7.24. The lowest BCUT2D eigenvalue weighted by atomic mass is 9.73. The Morgan fingerprint density at radius 2 is 1.62 bits per heavy atom. The Bertz CT molecular complexity index is 459. The number of aryl methyl sites for hydroxylation is 3. The largest absolute Gasteiger partial charge is 0.317 e. The highest BCUT2D eigenvalue weighted by Crippen LogP contribution is 2.36. The van der Waals surface area contributed by atoms with E-state index >= 15 is 0 Å². The van der Waals surface area contributed by atoms with Crippen molar-refractivity contribution in [1.29, 1.82) is 0 Å². The fourth-order valence-electron chi connectivity index (χ4n) is 4.04. The first kappa shape index (κ1) is 16.5. The minimum Gasteiger partial charge on any atom is -0.317 e. The van der Waals surface area contributed by atoms with Crippen molar-refractivity contribution in [2.24, 2.45) is 0 Å². The van der Waals surface area contributed by atoms with Crippen LogP contribution in [0.3, 0.4) is 0 Å². The Kier molecular flexibility index (Phi) is 5.11. The van der Waals surface area contributed by atoms with Crippen LogP contribution in [-0.2, 0) is 6.42 Å². The molecule has 1 aliphatic rings. The molecule has 0 spiro atoms. The van der Waals surface area contributed by atoms with Gasteiger partial charge in [-0.3, -0.25) is 0 Å². The van der Waals surface area contributed by atoms with Crippen LogP contribution in [0.15, 0.2) is 12.1 Å². The molecule has 2 heteroatoms. The van der Waals surface area contributed by atoms with Gasteiger partial charge in [-0.25, -0.2) is 0 Å². The number of likely N-dealkylation sites (N-methyl/N-ethyl adjacent to an activating group) is 1. The summed E-state index contributed by atoms with van der Waals surface area (Å²) >= 11 is 0. The van der Waals surface area contributed by atoms with Crippen LogP contribution in [-0.4, -0.2) is 37.6 Å². The highest BCUT2D eigenvalue weighted by atomic mass is 15.1. The predicted molar refractivity (Wildman–Crippen MR) is 92.1 cm³/mol. The molecule has 21 heavy (non-hydrogen) atoms. The zero-order valence-corrected chi connectivity index (χ0v) is 14.7. The molecule has 1 aromatic carbocycles. The van der Waals surface area contributed by atoms with Gasteiger partial charge in [0, 0.05) is 11.6 Å². The molecule has 0 unspecified atom stereocenters. The third-order valence-corrected chi connectivity index (χ3v) is 5.62. The third-order valence-electron chi connectivity index (χ3n) is 5.62. The van der Waals surface area contributed by atoms with Gasteiger partial charge in [0.25, 0.3) is 0 Å². The Morgan fingerprint density at radius 1 is 1.10 bits per heavy atom. The Hall–Kier alpha value is -0.860. The lowest BCUT2D eigenvalue weighted by Gasteiger charge is -2.46. The number of rotatable bonds is 4. The van der Waals surface area contributed by atoms with E-state index in [0.29, 0.717) is 11.6 Å². The summed E-state index contributed by atoms with van der Waals surface area (Å²) in [6.45, 7) is 6.75. The summed E-state index contributed by atoms with van der Waals surface area (Å²) in [5, 5.41) is 3.46. The van der Waals surface area contributed by atoms with Gasteiger partial charge in [0.15, 0.2) is 0 Å². The van der Waals surface area contributed by atoms with E-state index in [4.69, 9.17) is 0 Å². The summed E-state index contributed by atoms with van der Waals surface area (Å²) in [5.41, 5.74) is 6.20. The fourth-order valence-corrected chi connectivity index (χ4v) is 4.04. The average Bonchev–Trinajstić information content (AvgIpc) is 2.43. The van der Waals surface area contributed by atoms with Gasteiger partial charge in [-0.1, -0.05) is 17.7 Å². The Labute approximate surface area is 130 Å². The van der Waals surface area contributed by atoms with Gasteiger partial charge < -0.3 is 10.2 Å². The number of hydrogen-bond acceptors (Lipinski definition) is 2. The minimum absolute atomic E-state index is 0.331. The van der Waals surface area contributed by atoms with Crippen molar-refractivity contribution in [1.82, 2.24) is 10.2 Å². The molecule has 0 atom stereocenters. The van der Waals surface area contributed by atoms with E-state index in [1.165, 1.54) is 48.8 Å². The summed E-state index contributed by atoms with van der Waals surface area (Å²) in [4.78, 5) is 2.48. The van der Waals surface area contributed by atoms with Crippen LogP contribution in [0.2, 0.25) is 0 Å². The van der Waals surface area contributed by atoms with Gasteiger partial charge in [0.2, 0.25) is 0 Å². The van der Waals surface area contributed by atoms with E-state index in [0.717, 1.165) is 0 Å². The van der Waals surface area contributed by atoms with Crippen LogP contribution in [0.1, 0.15) is 47.9 Å². The molecular weight excluding hydrogens is 256 g/mol. The molecule has 0 aliphatic heterocycles. The second kappa shape index (κ2) is 6.50. The lowest BCUT2D eigenvalue weighted by molar-refractivity contribution is 0.0885. The topological polar surface area (TPSA) is 15.3 Å². The second-order valence-corrected chi connectivity index (χ2v) is 7.24. The molecule has 0 saturated heterocycles. The highest BCUT2D eigenvalue weighted by Gasteiger charge is 2.37. The molecule has 0 aromatic heterocycles. The van der Waals surface area contributed by atoms with Crippen LogP contribution < -0.4 is 5.32 Å². The predicted octanol–water partition coefficient (Wildman–Crippen LogP) is 3.62. The molecule has 0 bridgehead atoms. The first-order valence-corrected chi connectivity index (χ1v) is 8.29. The first-order chi connectivity index (χ1) is 9.88. The van der Waals surface area contributed by atoms with Gasteiger partial charge in [0.1, 0.15) is 0 Å². The minimum atomic E-state index is 0.331. The molecule has 1 N–H and O–H groups in total. The van der Waals surface area contributed by atoms with Gasteiger partial charge in [0.05, 0.1) is 0 Å². The van der Waals surface area contributed by atoms with E-state index in [2.05, 4.69) is 64.3 Å². The van der Waals surface area contributed by atoms with Crippen molar-refractivity contribution in [2.45, 2.75) is 64.5 Å². The maximum atomic E-state index is 3.46. The van der Waals surface area contributed by atoms with E-state index in [1.807, 2.05) is 0 Å². The normalized spacial score (nSPS) is 26.3. The summed E-state index contributed by atoms with van der Waals surface area (Å²) in [7, 11) is 6.62. The fraction of sp³-hybridized carbons (Fsp3) is 0.684. The maximum Gasteiger partial charge on any atom is 0.0245 e. The maximum absolute atomic E-state index is 3.46. The number of nitrogens with one attached hydrogen (secondary N) is 1. The summed E-state index contributed by atoms with van der Waals surface area (Å²) < 4.78 is 0. The van der Waals surface area contributed by atoms with E-state index < -0.39 is 0 Å². The van der Waals surface area contributed by atoms with Crippen molar-refractivity contribution in [3.05, 3.63) is 34.4 Å². The molecule has 1 saturated carbocycles. The van der Waals surface area contributed by atoms with Gasteiger partial charge in [-0.05, 0) is 90.7 Å². The lowest BCUT2D eigenvalue weighted by Crippen LogP contribution is -2.51. The van der Waals surface area contributed by atoms with Gasteiger partial charge in [-0.2, -0.15) is 0 Å². The molecule has 0 radical (unpaired) electrons. The van der Waals surface area contributed by atoms with Crippen molar-refractivity contribution >= 4 is 0 Å². The van der Waals surface area contributed by atoms with Crippen LogP contribution in [0.4, 0.5) is 0 Å². The molecule has 2 nitrogen and oxygen atoms in total. The van der Waals surface area contributed by atoms with E-state index in [-0.39, 0.29) is 0 Å². The van der Waals surface area contributed by atoms with Crippen LogP contribution >= 0.6 is 0 Å². The zero-order valence-electron chi connectivity index (χ0n) is 14.7. The molecule has 118 valence electrons. The molecular formula is C19H32N2. The summed E-state index contributed by atoms with van der Waals surface area (Å²) in [5.74, 6) is 0. The first-order valence-electron chi connectivity index (χ1n) is 8.29. The SMILES string of the molecule is CNC1CCC(Cc2c(C)cc(C)cc2C)(N(C)C)CC1. The van der Waals surface area contributed by atoms with Crippen molar-refractivity contribution in [2.75, 3.05) is 21.1 Å². The summed E-state index contributed by atoms with van der Waals surface area (Å²) in [6.07, 6.45) is 6.35. The number of hydrogen-bond donors (Lipinski definition) is 1. The molecule has 1 fully saturated rings. The van der Waals surface area contributed by atoms with E-state index in [1.54, 1.807) is 5.56 Å². The standard InChI is InChI=1S/C19H32N2/c1-14-11-15(2)18(16(3)12-14)13-19(21(5)6)9-7-17(20-4)8-10-19/h11-12,17,20H,7-10,13H2,1-6H3. The smallest absolute Gasteiger partial charge is 0.0245 e. The average molecular weight is 288 g/mol. The monoisotopic (exact) mass is 288 g/mol. The Balaban J connectivity index is 2.26. The van der Waals surface area contributed by atoms with Crippen molar-refractivity contribution in [3.63, 3.8) is 0 Å². The molecule has 1 aliphatic carbocycles. The highest BCUT2D eigenvalue weighted by molar-refractivity contribution is 5.38. The van der Waals surface area contributed by atoms with Crippen LogP contribution in [0.25, 0.3) is 0 Å². The quantitative estimate of drug-likeness (QED) is 0.910. The Morgan fingerprint density at radius 3 is 2.05 bits per heavy atom. The van der Waals surface area contributed by atoms with Gasteiger partial charge in [-0.15, -0.1) is 0 Å². The molecule has 0 amide bonds. The van der Waals surface area contributed by atoms with Crippen LogP contribution in [0.5, 0.6) is 0 Å². The molecule has 1 aromatic rings. The zero-order chi connectivity index (χ0) is 15.6. The third kappa shape index (κ3) is 3.49. The summed E-state index contributed by atoms with van der Waals surface area (Å²) in [6, 6.07) is 5.38. The number of nitrogens with zero attached hydrogens (tertiary/aromatic N) is 1. The van der Waals surface area contributed by atoms with Crippen LogP contribution in [0, 0.1) is 20.8 Å².